The van der Waals surface area contributed by atoms with Crippen LogP contribution in [0.25, 0.3) is 0 Å². The van der Waals surface area contributed by atoms with Crippen molar-refractivity contribution >= 4 is 0 Å². The van der Waals surface area contributed by atoms with Crippen molar-refractivity contribution < 1.29 is 50.5 Å². The summed E-state index contributed by atoms with van der Waals surface area (Å²) in [5, 5.41) is 0. The van der Waals surface area contributed by atoms with Gasteiger partial charge in [-0.25, -0.2) is 0 Å². The van der Waals surface area contributed by atoms with Crippen molar-refractivity contribution in [2.75, 3.05) is 0 Å². The van der Waals surface area contributed by atoms with Crippen molar-refractivity contribution in [3.8, 4) is 0 Å². The fourth-order valence-electron chi connectivity index (χ4n) is 0. The van der Waals surface area contributed by atoms with Crippen LogP contribution in [0.15, 0.2) is 0 Å². The summed E-state index contributed by atoms with van der Waals surface area (Å²) in [5.74, 6) is 0. The SMILES string of the molecule is [Ir+4].[O-2].[O-2].[Ru]. The van der Waals surface area contributed by atoms with E-state index < -0.39 is 0 Å². The van der Waals surface area contributed by atoms with E-state index in [4.69, 9.17) is 0 Å². The topological polar surface area (TPSA) is 57.0 Å². The van der Waals surface area contributed by atoms with Crippen LogP contribution in [0.1, 0.15) is 0 Å². The molecule has 0 amide bonds. The van der Waals surface area contributed by atoms with E-state index in [1.165, 1.54) is 0 Å². The molecule has 0 saturated heterocycles. The Morgan fingerprint density at radius 1 is 0.750 bits per heavy atom. The third-order valence-electron chi connectivity index (χ3n) is 0. The third kappa shape index (κ3) is 10.8. The van der Waals surface area contributed by atoms with Crippen molar-refractivity contribution in [3.63, 3.8) is 0 Å². The Hall–Kier alpha value is 1.19. The molecule has 0 heterocycles. The Labute approximate surface area is 50.7 Å². The van der Waals surface area contributed by atoms with Crippen molar-refractivity contribution in [2.24, 2.45) is 0 Å². The second kappa shape index (κ2) is 30.0. The summed E-state index contributed by atoms with van der Waals surface area (Å²) in [4.78, 5) is 0. The number of rotatable bonds is 0. The standard InChI is InChI=1S/Ir.2O.Ru/q+4;2*-2;. The normalized spacial score (nSPS) is 0. The molecule has 4 heavy (non-hydrogen) atoms. The van der Waals surface area contributed by atoms with Gasteiger partial charge in [0.15, 0.2) is 0 Å². The molecule has 0 rings (SSSR count). The van der Waals surface area contributed by atoms with E-state index in [9.17, 15) is 0 Å². The molecule has 0 saturated carbocycles. The molecule has 0 spiro atoms. The zero-order valence-electron chi connectivity index (χ0n) is 1.50. The van der Waals surface area contributed by atoms with Crippen LogP contribution in [0.4, 0.5) is 0 Å². The maximum absolute atomic E-state index is 0. The Bertz CT molecular complexity index is 6.00. The zero-order valence-corrected chi connectivity index (χ0v) is 5.64. The molecule has 0 aliphatic rings. The van der Waals surface area contributed by atoms with Gasteiger partial charge in [0.05, 0.1) is 0 Å². The predicted molar refractivity (Wildman–Crippen MR) is 1.37 cm³/mol. The molecule has 0 unspecified atom stereocenters. The molecule has 0 atom stereocenters. The summed E-state index contributed by atoms with van der Waals surface area (Å²) in [6, 6.07) is 0. The van der Waals surface area contributed by atoms with E-state index in [0.29, 0.717) is 0 Å². The van der Waals surface area contributed by atoms with E-state index in [-0.39, 0.29) is 50.5 Å². The van der Waals surface area contributed by atoms with Crippen molar-refractivity contribution in [1.82, 2.24) is 0 Å². The largest absolute Gasteiger partial charge is 4.00 e. The van der Waals surface area contributed by atoms with Crippen molar-refractivity contribution in [1.29, 1.82) is 0 Å². The van der Waals surface area contributed by atoms with Crippen LogP contribution in [0.2, 0.25) is 0 Å². The molecule has 0 bridgehead atoms. The van der Waals surface area contributed by atoms with Gasteiger partial charge < -0.3 is 11.0 Å². The smallest absolute Gasteiger partial charge is 2.00 e. The number of hydrogen-bond acceptors (Lipinski definition) is 0. The van der Waals surface area contributed by atoms with Gasteiger partial charge in [-0.15, -0.1) is 0 Å². The minimum atomic E-state index is 0. The van der Waals surface area contributed by atoms with Crippen LogP contribution >= 0.6 is 0 Å². The molecule has 4 heteroatoms. The van der Waals surface area contributed by atoms with Gasteiger partial charge in [0.2, 0.25) is 0 Å². The fourth-order valence-corrected chi connectivity index (χ4v) is 0. The van der Waals surface area contributed by atoms with Crippen molar-refractivity contribution in [3.05, 3.63) is 0 Å². The second-order valence-electron chi connectivity index (χ2n) is 0. The molecular formula is IrO2Ru. The summed E-state index contributed by atoms with van der Waals surface area (Å²) in [7, 11) is 0. The Morgan fingerprint density at radius 3 is 0.750 bits per heavy atom. The van der Waals surface area contributed by atoms with Gasteiger partial charge in [-0.3, -0.25) is 0 Å². The molecule has 2 nitrogen and oxygen atoms in total. The molecule has 1 radical (unpaired) electrons. The van der Waals surface area contributed by atoms with Crippen LogP contribution in [-0.2, 0) is 50.5 Å². The van der Waals surface area contributed by atoms with Gasteiger partial charge in [-0.05, 0) is 0 Å². The molecule has 0 N–H and O–H groups in total. The Morgan fingerprint density at radius 2 is 0.750 bits per heavy atom. The van der Waals surface area contributed by atoms with Crippen molar-refractivity contribution in [2.45, 2.75) is 0 Å². The summed E-state index contributed by atoms with van der Waals surface area (Å²) >= 11 is 0. The Kier molecular flexibility index (Phi) is 482. The van der Waals surface area contributed by atoms with Crippen LogP contribution < -0.4 is 0 Å². The van der Waals surface area contributed by atoms with Gasteiger partial charge in [0.1, 0.15) is 0 Å². The van der Waals surface area contributed by atoms with Crippen LogP contribution in [-0.4, -0.2) is 0 Å². The van der Waals surface area contributed by atoms with Gasteiger partial charge in [0, 0.05) is 19.5 Å². The first-order chi connectivity index (χ1) is 0. The first kappa shape index (κ1) is 64.2. The van der Waals surface area contributed by atoms with Crippen LogP contribution in [0.3, 0.4) is 0 Å². The maximum Gasteiger partial charge on any atom is 4.00 e. The van der Waals surface area contributed by atoms with Gasteiger partial charge in [0.25, 0.3) is 0 Å². The molecule has 0 aliphatic carbocycles. The molecule has 0 aliphatic heterocycles. The quantitative estimate of drug-likeness (QED) is 0.552. The molecular weight excluding hydrogens is 325 g/mol. The van der Waals surface area contributed by atoms with Gasteiger partial charge in [-0.2, -0.15) is 0 Å². The summed E-state index contributed by atoms with van der Waals surface area (Å²) in [5.41, 5.74) is 0. The summed E-state index contributed by atoms with van der Waals surface area (Å²) < 4.78 is 0. The van der Waals surface area contributed by atoms with Gasteiger partial charge in [-0.1, -0.05) is 0 Å². The molecule has 0 fully saturated rings. The van der Waals surface area contributed by atoms with E-state index >= 15 is 0 Å². The van der Waals surface area contributed by atoms with Crippen LogP contribution in [0.5, 0.6) is 0 Å². The number of hydrogen-bond donors (Lipinski definition) is 0. The monoisotopic (exact) mass is 327 g/mol. The molecule has 0 aromatic carbocycles. The average molecular weight is 325 g/mol. The molecule has 0 aromatic heterocycles. The average Bonchev–Trinajstić information content (AvgIpc) is 0. The maximum atomic E-state index is 0. The fraction of sp³-hybridized carbons (Fsp3) is 0. The van der Waals surface area contributed by atoms with E-state index in [0.717, 1.165) is 0 Å². The van der Waals surface area contributed by atoms with Crippen LogP contribution in [0, 0.1) is 0 Å². The Balaban J connectivity index is 0. The third-order valence-corrected chi connectivity index (χ3v) is 0. The summed E-state index contributed by atoms with van der Waals surface area (Å²) in [6.45, 7) is 0. The zero-order chi connectivity index (χ0) is 0. The van der Waals surface area contributed by atoms with E-state index in [2.05, 4.69) is 0 Å². The van der Waals surface area contributed by atoms with Gasteiger partial charge >= 0.3 is 20.1 Å². The molecule has 29 valence electrons. The summed E-state index contributed by atoms with van der Waals surface area (Å²) in [6.07, 6.45) is 0. The molecule has 0 aromatic rings. The minimum Gasteiger partial charge on any atom is -2.00 e. The first-order valence-electron chi connectivity index (χ1n) is 0. The van der Waals surface area contributed by atoms with E-state index in [1.807, 2.05) is 0 Å². The first-order valence-corrected chi connectivity index (χ1v) is 0. The second-order valence-corrected chi connectivity index (χ2v) is 0. The predicted octanol–water partition coefficient (Wildman–Crippen LogP) is -0.243. The minimum absolute atomic E-state index is 0. The van der Waals surface area contributed by atoms with E-state index in [1.54, 1.807) is 0 Å².